The van der Waals surface area contributed by atoms with Crippen LogP contribution in [-0.2, 0) is 15.8 Å². The number of sulfonamides is 1. The Hall–Kier alpha value is -1.88. The van der Waals surface area contributed by atoms with E-state index in [2.05, 4.69) is 15.8 Å². The van der Waals surface area contributed by atoms with Gasteiger partial charge < -0.3 is 5.73 Å². The molecule has 2 aromatic rings. The van der Waals surface area contributed by atoms with Crippen molar-refractivity contribution in [2.45, 2.75) is 23.5 Å². The molecular weight excluding hydrogens is 435 g/mol. The minimum Gasteiger partial charge on any atom is -0.369 e. The van der Waals surface area contributed by atoms with E-state index >= 15 is 0 Å². The number of hydrogen-bond acceptors (Lipinski definition) is 7. The fourth-order valence-corrected chi connectivity index (χ4v) is 5.70. The molecule has 6 N–H and O–H groups in total. The van der Waals surface area contributed by atoms with Crippen LogP contribution in [0.4, 0.5) is 0 Å². The Labute approximate surface area is 178 Å². The number of benzene rings is 2. The van der Waals surface area contributed by atoms with Gasteiger partial charge in [-0.15, -0.1) is 0 Å². The fraction of sp³-hybridized carbons (Fsp3) is 0.278. The molecule has 2 aromatic carbocycles. The number of hydrazine groups is 1. The molecule has 154 valence electrons. The van der Waals surface area contributed by atoms with Crippen molar-refractivity contribution in [2.75, 3.05) is 13.1 Å². The summed E-state index contributed by atoms with van der Waals surface area (Å²) in [5.74, 6) is -1.14. The highest BCUT2D eigenvalue weighted by Gasteiger charge is 2.33. The average molecular weight is 455 g/mol. The van der Waals surface area contributed by atoms with Gasteiger partial charge in [0.1, 0.15) is 0 Å². The molecule has 1 atom stereocenters. The van der Waals surface area contributed by atoms with Crippen LogP contribution < -0.4 is 22.3 Å². The van der Waals surface area contributed by atoms with Gasteiger partial charge in [0.25, 0.3) is 0 Å². The molecule has 0 amide bonds. The minimum atomic E-state index is -3.48. The van der Waals surface area contributed by atoms with Crippen LogP contribution in [0.1, 0.15) is 18.4 Å². The molecule has 1 unspecified atom stereocenters. The normalized spacial score (nSPS) is 22.5. The lowest BCUT2D eigenvalue weighted by Gasteiger charge is -2.22. The minimum absolute atomic E-state index is 0.152. The van der Waals surface area contributed by atoms with Gasteiger partial charge >= 0.3 is 0 Å². The van der Waals surface area contributed by atoms with Gasteiger partial charge in [0.2, 0.25) is 21.8 Å². The van der Waals surface area contributed by atoms with Crippen molar-refractivity contribution >= 4 is 39.2 Å². The molecule has 1 saturated heterocycles. The van der Waals surface area contributed by atoms with Crippen LogP contribution in [0.3, 0.4) is 0 Å². The summed E-state index contributed by atoms with van der Waals surface area (Å²) in [4.78, 5) is 4.36. The van der Waals surface area contributed by atoms with E-state index in [-0.39, 0.29) is 10.9 Å². The van der Waals surface area contributed by atoms with E-state index in [0.29, 0.717) is 39.8 Å². The van der Waals surface area contributed by atoms with Crippen molar-refractivity contribution in [1.82, 2.24) is 15.2 Å². The highest BCUT2D eigenvalue weighted by Crippen LogP contribution is 2.38. The molecule has 29 heavy (non-hydrogen) atoms. The summed E-state index contributed by atoms with van der Waals surface area (Å²) >= 11 is 13.0. The Kier molecular flexibility index (Phi) is 5.22. The molecule has 0 aromatic heterocycles. The highest BCUT2D eigenvalue weighted by atomic mass is 35.5. The second-order valence-electron chi connectivity index (χ2n) is 6.96. The number of halogens is 2. The summed E-state index contributed by atoms with van der Waals surface area (Å²) in [6.07, 6.45) is 1.77. The molecule has 11 heteroatoms. The van der Waals surface area contributed by atoms with Crippen molar-refractivity contribution in [3.05, 3.63) is 52.0 Å². The van der Waals surface area contributed by atoms with E-state index in [9.17, 15) is 8.42 Å². The fourth-order valence-electron chi connectivity index (χ4n) is 3.48. The van der Waals surface area contributed by atoms with Crippen molar-refractivity contribution in [3.8, 4) is 11.1 Å². The van der Waals surface area contributed by atoms with Crippen molar-refractivity contribution in [1.29, 1.82) is 0 Å². The van der Waals surface area contributed by atoms with E-state index in [0.717, 1.165) is 12.8 Å². The van der Waals surface area contributed by atoms with E-state index in [1.54, 1.807) is 36.4 Å². The lowest BCUT2D eigenvalue weighted by atomic mass is 10.0. The highest BCUT2D eigenvalue weighted by molar-refractivity contribution is 7.89. The van der Waals surface area contributed by atoms with Crippen LogP contribution in [0.2, 0.25) is 10.0 Å². The van der Waals surface area contributed by atoms with Gasteiger partial charge in [-0.05, 0) is 42.7 Å². The number of rotatable bonds is 4. The first-order valence-electron chi connectivity index (χ1n) is 8.98. The molecular formula is C18H20Cl2N6O2S. The lowest BCUT2D eigenvalue weighted by molar-refractivity contribution is 0.375. The SMILES string of the molecule is NC1=NC(N)(c2cc(Cl)c(-c3ccc(S(=O)(=O)N4CCCC4)cc3)c(Cl)c2)NN1. The standard InChI is InChI=1S/C18H20Cl2N6O2S/c19-14-9-12(18(22)23-17(21)24-25-18)10-15(20)16(14)11-3-5-13(6-4-11)29(27,28)26-7-1-2-8-26/h3-6,9-10,25H,1-2,7-8,22H2,(H3,21,23,24). The average Bonchev–Trinajstić information content (AvgIpc) is 3.33. The zero-order chi connectivity index (χ0) is 20.8. The monoisotopic (exact) mass is 454 g/mol. The maximum Gasteiger partial charge on any atom is 0.243 e. The van der Waals surface area contributed by atoms with Crippen LogP contribution in [0.25, 0.3) is 11.1 Å². The van der Waals surface area contributed by atoms with Gasteiger partial charge in [0.15, 0.2) is 0 Å². The van der Waals surface area contributed by atoms with Crippen LogP contribution >= 0.6 is 23.2 Å². The number of nitrogens with one attached hydrogen (secondary N) is 2. The van der Waals surface area contributed by atoms with E-state index < -0.39 is 15.8 Å². The third-order valence-electron chi connectivity index (χ3n) is 5.01. The van der Waals surface area contributed by atoms with Gasteiger partial charge in [-0.1, -0.05) is 35.3 Å². The molecule has 4 rings (SSSR count). The predicted molar refractivity (Wildman–Crippen MR) is 114 cm³/mol. The Morgan fingerprint density at radius 1 is 1.07 bits per heavy atom. The van der Waals surface area contributed by atoms with Gasteiger partial charge in [-0.25, -0.2) is 13.4 Å². The third-order valence-corrected chi connectivity index (χ3v) is 7.52. The Morgan fingerprint density at radius 3 is 2.17 bits per heavy atom. The first-order valence-corrected chi connectivity index (χ1v) is 11.2. The molecule has 2 heterocycles. The van der Waals surface area contributed by atoms with Crippen LogP contribution in [0.15, 0.2) is 46.3 Å². The summed E-state index contributed by atoms with van der Waals surface area (Å²) in [5.41, 5.74) is 19.0. The van der Waals surface area contributed by atoms with Gasteiger partial charge in [-0.3, -0.25) is 11.2 Å². The van der Waals surface area contributed by atoms with Crippen molar-refractivity contribution in [3.63, 3.8) is 0 Å². The number of nitrogens with two attached hydrogens (primary N) is 2. The molecule has 2 aliphatic heterocycles. The molecule has 0 spiro atoms. The quantitative estimate of drug-likeness (QED) is 0.558. The maximum atomic E-state index is 12.7. The zero-order valence-corrected chi connectivity index (χ0v) is 17.7. The van der Waals surface area contributed by atoms with Crippen molar-refractivity contribution in [2.24, 2.45) is 16.5 Å². The number of aliphatic imine (C=N–C) groups is 1. The lowest BCUT2D eigenvalue weighted by Crippen LogP contribution is -2.50. The number of guanidine groups is 1. The first kappa shape index (κ1) is 20.4. The second-order valence-corrected chi connectivity index (χ2v) is 9.72. The molecule has 0 radical (unpaired) electrons. The molecule has 0 bridgehead atoms. The van der Waals surface area contributed by atoms with Crippen LogP contribution in [0, 0.1) is 0 Å². The maximum absolute atomic E-state index is 12.7. The second kappa shape index (κ2) is 7.42. The predicted octanol–water partition coefficient (Wildman–Crippen LogP) is 1.94. The van der Waals surface area contributed by atoms with Crippen LogP contribution in [-0.4, -0.2) is 31.8 Å². The molecule has 2 aliphatic rings. The smallest absolute Gasteiger partial charge is 0.243 e. The summed E-state index contributed by atoms with van der Waals surface area (Å²) in [7, 11) is -3.48. The number of hydrogen-bond donors (Lipinski definition) is 4. The molecule has 0 saturated carbocycles. The van der Waals surface area contributed by atoms with Gasteiger partial charge in [0.05, 0.1) is 14.9 Å². The zero-order valence-electron chi connectivity index (χ0n) is 15.3. The van der Waals surface area contributed by atoms with Crippen LogP contribution in [0.5, 0.6) is 0 Å². The van der Waals surface area contributed by atoms with E-state index in [1.165, 1.54) is 4.31 Å². The summed E-state index contributed by atoms with van der Waals surface area (Å²) in [5, 5.41) is 0.713. The Morgan fingerprint density at radius 2 is 1.66 bits per heavy atom. The van der Waals surface area contributed by atoms with E-state index in [4.69, 9.17) is 34.7 Å². The Bertz CT molecular complexity index is 1060. The van der Waals surface area contributed by atoms with E-state index in [1.807, 2.05) is 0 Å². The van der Waals surface area contributed by atoms with Crippen molar-refractivity contribution < 1.29 is 8.42 Å². The summed E-state index contributed by atoms with van der Waals surface area (Å²) in [6.45, 7) is 1.11. The topological polar surface area (TPSA) is 126 Å². The summed E-state index contributed by atoms with van der Waals surface area (Å²) < 4.78 is 26.9. The Balaban J connectivity index is 1.67. The van der Waals surface area contributed by atoms with Gasteiger partial charge in [0, 0.05) is 24.2 Å². The third kappa shape index (κ3) is 3.70. The van der Waals surface area contributed by atoms with Gasteiger partial charge in [-0.2, -0.15) is 9.73 Å². The molecule has 8 nitrogen and oxygen atoms in total. The largest absolute Gasteiger partial charge is 0.369 e. The molecule has 0 aliphatic carbocycles. The first-order chi connectivity index (χ1) is 13.7. The summed E-state index contributed by atoms with van der Waals surface area (Å²) in [6, 6.07) is 9.82. The molecule has 1 fully saturated rings. The number of nitrogens with zero attached hydrogens (tertiary/aromatic N) is 2.